The lowest BCUT2D eigenvalue weighted by molar-refractivity contribution is -0.112. The molecule has 0 saturated carbocycles. The van der Waals surface area contributed by atoms with E-state index in [1.165, 1.54) is 49.3 Å². The molecular weight excluding hydrogens is 859 g/mol. The van der Waals surface area contributed by atoms with Crippen LogP contribution in [-0.2, 0) is 16.0 Å². The number of hydrogen-bond donors (Lipinski definition) is 4. The Morgan fingerprint density at radius 3 is 1.57 bits per heavy atom. The number of aromatic nitrogens is 8. The van der Waals surface area contributed by atoms with E-state index >= 15 is 8.78 Å². The standard InChI is InChI=1S/C49H34F2N12O4/c1-3-5-40(64)61-34-14-8-29(9-15-34)44-43(47(53)59-26-56-44)32-13-19-39(37(51)25-32)67-49-55-23-21-33(63-49)6-4-7-41(65)62-35-16-10-30(11-17-35)45-42(46(52)58-27-57-45)31-12-18-38(36(50)24-31)66-48-54-22-20-28(2)60-48/h8-27H,6H2,1-2H3,(H,61,64)(H,62,65)(H2,52,57,58)(H2,53,56,59). The highest BCUT2D eigenvalue weighted by atomic mass is 19.1. The number of nitrogens with one attached hydrogen (secondary N) is 2. The summed E-state index contributed by atoms with van der Waals surface area (Å²) in [5, 5.41) is 5.39. The van der Waals surface area contributed by atoms with Crippen LogP contribution in [0, 0.1) is 42.2 Å². The Morgan fingerprint density at radius 1 is 0.597 bits per heavy atom. The molecule has 0 saturated heterocycles. The van der Waals surface area contributed by atoms with Gasteiger partial charge in [-0.05, 0) is 97.5 Å². The molecule has 0 fully saturated rings. The lowest BCUT2D eigenvalue weighted by atomic mass is 9.99. The zero-order valence-electron chi connectivity index (χ0n) is 35.4. The van der Waals surface area contributed by atoms with Crippen LogP contribution >= 0.6 is 0 Å². The SMILES string of the molecule is CC#CC(=O)Nc1ccc(-c2ncnc(N)c2-c2ccc(Oc3nccc(CC#CC(=O)Nc4ccc(-c5ncnc(N)c5-c5ccc(Oc6nccc(C)n6)c(F)c5)cc4)n3)c(F)c2)cc1. The zero-order chi connectivity index (χ0) is 46.9. The first-order valence-electron chi connectivity index (χ1n) is 20.0. The Morgan fingerprint density at radius 2 is 1.07 bits per heavy atom. The lowest BCUT2D eigenvalue weighted by Crippen LogP contribution is -2.08. The van der Waals surface area contributed by atoms with Crippen LogP contribution in [0.3, 0.4) is 0 Å². The molecule has 4 aromatic heterocycles. The van der Waals surface area contributed by atoms with E-state index in [0.29, 0.717) is 67.5 Å². The molecule has 6 N–H and O–H groups in total. The van der Waals surface area contributed by atoms with E-state index in [1.807, 2.05) is 0 Å². The predicted octanol–water partition coefficient (Wildman–Crippen LogP) is 8.00. The van der Waals surface area contributed by atoms with Gasteiger partial charge in [0, 0.05) is 40.6 Å². The average molecular weight is 893 g/mol. The largest absolute Gasteiger partial charge is 0.421 e. The van der Waals surface area contributed by atoms with Crippen molar-refractivity contribution in [2.45, 2.75) is 20.3 Å². The van der Waals surface area contributed by atoms with Gasteiger partial charge in [0.15, 0.2) is 23.1 Å². The summed E-state index contributed by atoms with van der Waals surface area (Å²) < 4.78 is 42.1. The van der Waals surface area contributed by atoms with Crippen molar-refractivity contribution in [3.63, 3.8) is 0 Å². The molecule has 0 radical (unpaired) electrons. The number of nitrogens with zero attached hydrogens (tertiary/aromatic N) is 8. The Balaban J connectivity index is 0.896. The van der Waals surface area contributed by atoms with Crippen LogP contribution in [0.2, 0.25) is 0 Å². The van der Waals surface area contributed by atoms with Gasteiger partial charge in [0.2, 0.25) is 0 Å². The molecule has 16 nitrogen and oxygen atoms in total. The minimum absolute atomic E-state index is 0.00907. The maximum Gasteiger partial charge on any atom is 0.322 e. The Bertz CT molecular complexity index is 3310. The Kier molecular flexibility index (Phi) is 13.0. The zero-order valence-corrected chi connectivity index (χ0v) is 35.4. The van der Waals surface area contributed by atoms with Gasteiger partial charge >= 0.3 is 12.0 Å². The molecule has 4 aromatic carbocycles. The van der Waals surface area contributed by atoms with Crippen LogP contribution in [0.15, 0.2) is 122 Å². The van der Waals surface area contributed by atoms with Gasteiger partial charge in [0.1, 0.15) is 24.3 Å². The minimum atomic E-state index is -0.733. The molecule has 0 atom stereocenters. The van der Waals surface area contributed by atoms with Crippen molar-refractivity contribution >= 4 is 34.8 Å². The first-order valence-corrected chi connectivity index (χ1v) is 20.0. The number of nitrogen functional groups attached to an aromatic ring is 2. The summed E-state index contributed by atoms with van der Waals surface area (Å²) in [5.41, 5.74) is 18.3. The highest BCUT2D eigenvalue weighted by molar-refractivity contribution is 6.04. The van der Waals surface area contributed by atoms with Gasteiger partial charge < -0.3 is 31.6 Å². The summed E-state index contributed by atoms with van der Waals surface area (Å²) in [6.07, 6.45) is 5.60. The van der Waals surface area contributed by atoms with Crippen molar-refractivity contribution in [1.82, 2.24) is 39.9 Å². The Hall–Kier alpha value is -9.68. The number of carbonyl (C=O) groups excluding carboxylic acids is 2. The molecule has 0 unspecified atom stereocenters. The van der Waals surface area contributed by atoms with Gasteiger partial charge in [-0.15, -0.1) is 0 Å². The van der Waals surface area contributed by atoms with E-state index in [0.717, 1.165) is 0 Å². The molecule has 4 heterocycles. The van der Waals surface area contributed by atoms with E-state index in [1.54, 1.807) is 86.6 Å². The highest BCUT2D eigenvalue weighted by Crippen LogP contribution is 2.38. The van der Waals surface area contributed by atoms with E-state index < -0.39 is 23.4 Å². The smallest absolute Gasteiger partial charge is 0.322 e. The number of anilines is 4. The molecule has 0 spiro atoms. The van der Waals surface area contributed by atoms with Crippen molar-refractivity contribution in [3.8, 4) is 92.0 Å². The monoisotopic (exact) mass is 892 g/mol. The predicted molar refractivity (Wildman–Crippen MR) is 246 cm³/mol. The first-order chi connectivity index (χ1) is 32.5. The van der Waals surface area contributed by atoms with Crippen LogP contribution in [0.4, 0.5) is 31.8 Å². The normalized spacial score (nSPS) is 10.4. The average Bonchev–Trinajstić information content (AvgIpc) is 3.31. The number of halogens is 2. The van der Waals surface area contributed by atoms with E-state index in [9.17, 15) is 9.59 Å². The number of nitrogens with two attached hydrogens (primary N) is 2. The maximum absolute atomic E-state index is 15.6. The van der Waals surface area contributed by atoms with Gasteiger partial charge in [-0.1, -0.05) is 48.2 Å². The fraction of sp³-hybridized carbons (Fsp3) is 0.0612. The second-order valence-corrected chi connectivity index (χ2v) is 14.2. The number of benzene rings is 4. The summed E-state index contributed by atoms with van der Waals surface area (Å²) in [6, 6.07) is 25.3. The van der Waals surface area contributed by atoms with Crippen LogP contribution in [-0.4, -0.2) is 51.7 Å². The molecule has 67 heavy (non-hydrogen) atoms. The summed E-state index contributed by atoms with van der Waals surface area (Å²) in [6.45, 7) is 3.33. The minimum Gasteiger partial charge on any atom is -0.421 e. The number of ether oxygens (including phenoxy) is 2. The van der Waals surface area contributed by atoms with E-state index in [2.05, 4.69) is 74.2 Å². The third kappa shape index (κ3) is 10.6. The molecule has 2 amide bonds. The van der Waals surface area contributed by atoms with Gasteiger partial charge in [-0.25, -0.2) is 43.7 Å². The first kappa shape index (κ1) is 43.9. The number of amides is 2. The molecular formula is C49H34F2N12O4. The molecule has 0 aliphatic rings. The van der Waals surface area contributed by atoms with Crippen LogP contribution in [0.25, 0.3) is 44.8 Å². The topological polar surface area (TPSA) is 232 Å². The summed E-state index contributed by atoms with van der Waals surface area (Å²) in [5.74, 6) is 7.85. The molecule has 8 aromatic rings. The van der Waals surface area contributed by atoms with Crippen LogP contribution < -0.4 is 31.6 Å². The fourth-order valence-electron chi connectivity index (χ4n) is 6.56. The molecule has 0 bridgehead atoms. The number of hydrogen-bond acceptors (Lipinski definition) is 14. The van der Waals surface area contributed by atoms with Crippen molar-refractivity contribution in [2.24, 2.45) is 0 Å². The number of carbonyl (C=O) groups is 2. The van der Waals surface area contributed by atoms with Gasteiger partial charge in [0.05, 0.1) is 34.6 Å². The van der Waals surface area contributed by atoms with E-state index in [-0.39, 0.29) is 41.6 Å². The van der Waals surface area contributed by atoms with Gasteiger partial charge in [-0.2, -0.15) is 4.98 Å². The molecule has 0 aliphatic heterocycles. The highest BCUT2D eigenvalue weighted by Gasteiger charge is 2.19. The van der Waals surface area contributed by atoms with Crippen LogP contribution in [0.1, 0.15) is 18.3 Å². The molecule has 8 rings (SSSR count). The van der Waals surface area contributed by atoms with Gasteiger partial charge in [0.25, 0.3) is 11.8 Å². The summed E-state index contributed by atoms with van der Waals surface area (Å²) in [4.78, 5) is 58.3. The Labute approximate surface area is 381 Å². The third-order valence-electron chi connectivity index (χ3n) is 9.60. The maximum atomic E-state index is 15.6. The second-order valence-electron chi connectivity index (χ2n) is 14.2. The van der Waals surface area contributed by atoms with Crippen molar-refractivity contribution in [3.05, 3.63) is 145 Å². The lowest BCUT2D eigenvalue weighted by Gasteiger charge is -2.13. The van der Waals surface area contributed by atoms with Crippen molar-refractivity contribution in [2.75, 3.05) is 22.1 Å². The number of rotatable bonds is 11. The van der Waals surface area contributed by atoms with Crippen molar-refractivity contribution in [1.29, 1.82) is 0 Å². The van der Waals surface area contributed by atoms with Crippen molar-refractivity contribution < 1.29 is 27.8 Å². The quantitative estimate of drug-likeness (QED) is 0.0902. The van der Waals surface area contributed by atoms with Gasteiger partial charge in [-0.3, -0.25) is 9.59 Å². The second kappa shape index (κ2) is 19.8. The fourth-order valence-corrected chi connectivity index (χ4v) is 6.56. The summed E-state index contributed by atoms with van der Waals surface area (Å²) in [7, 11) is 0. The molecule has 18 heteroatoms. The summed E-state index contributed by atoms with van der Waals surface area (Å²) >= 11 is 0. The number of aryl methyl sites for hydroxylation is 1. The van der Waals surface area contributed by atoms with E-state index in [4.69, 9.17) is 20.9 Å². The van der Waals surface area contributed by atoms with Crippen LogP contribution in [0.5, 0.6) is 23.5 Å². The molecule has 0 aliphatic carbocycles. The third-order valence-corrected chi connectivity index (χ3v) is 9.60. The molecule has 328 valence electrons.